The number of hydrogen-bond acceptors (Lipinski definition) is 4. The minimum Gasteiger partial charge on any atom is -0.471 e. The van der Waals surface area contributed by atoms with E-state index in [9.17, 15) is 2.74 Å². The van der Waals surface area contributed by atoms with Gasteiger partial charge in [-0.25, -0.2) is 9.98 Å². The highest BCUT2D eigenvalue weighted by Gasteiger charge is 2.46. The van der Waals surface area contributed by atoms with E-state index in [1.807, 2.05) is 38.2 Å². The number of ether oxygens (including phenoxy) is 2. The van der Waals surface area contributed by atoms with Gasteiger partial charge in [0.05, 0.1) is 11.0 Å². The Balaban J connectivity index is 1.16. The van der Waals surface area contributed by atoms with E-state index in [1.165, 1.54) is 33.0 Å². The number of aliphatic imine (C=N–C) groups is 1. The molecule has 4 aromatic carbocycles. The highest BCUT2D eigenvalue weighted by Crippen LogP contribution is 2.48. The van der Waals surface area contributed by atoms with Crippen LogP contribution in [0.1, 0.15) is 84.7 Å². The summed E-state index contributed by atoms with van der Waals surface area (Å²) in [6.45, 7) is 19.0. The zero-order valence-electron chi connectivity index (χ0n) is 31.8. The van der Waals surface area contributed by atoms with E-state index in [0.717, 1.165) is 61.6 Å². The second kappa shape index (κ2) is 10.1. The summed E-state index contributed by atoms with van der Waals surface area (Å²) in [6, 6.07) is 21.5. The zero-order valence-corrected chi connectivity index (χ0v) is 29.8. The van der Waals surface area contributed by atoms with Crippen molar-refractivity contribution >= 4 is 27.7 Å². The van der Waals surface area contributed by atoms with Gasteiger partial charge in [-0.1, -0.05) is 55.3 Å². The van der Waals surface area contributed by atoms with Crippen LogP contribution < -0.4 is 4.74 Å². The van der Waals surface area contributed by atoms with Crippen LogP contribution in [0.25, 0.3) is 27.6 Å². The van der Waals surface area contributed by atoms with Crippen molar-refractivity contribution in [3.05, 3.63) is 128 Å². The van der Waals surface area contributed by atoms with Crippen molar-refractivity contribution < 1.29 is 12.2 Å². The van der Waals surface area contributed by atoms with Gasteiger partial charge in [0, 0.05) is 55.1 Å². The maximum atomic E-state index is 9.36. The second-order valence-electron chi connectivity index (χ2n) is 15.3. The summed E-state index contributed by atoms with van der Waals surface area (Å²) >= 11 is 0. The van der Waals surface area contributed by atoms with E-state index in [4.69, 9.17) is 19.5 Å². The molecule has 2 atom stereocenters. The van der Waals surface area contributed by atoms with Crippen LogP contribution >= 0.6 is 0 Å². The maximum absolute atomic E-state index is 9.36. The van der Waals surface area contributed by atoms with Gasteiger partial charge in [-0.15, -0.1) is 0 Å². The first kappa shape index (κ1) is 28.0. The lowest BCUT2D eigenvalue weighted by molar-refractivity contribution is 0.136. The molecule has 0 saturated heterocycles. The van der Waals surface area contributed by atoms with Gasteiger partial charge in [0.1, 0.15) is 29.0 Å². The fourth-order valence-electron chi connectivity index (χ4n) is 8.60. The SMILES string of the molecule is [2H]C1([2H])c2cc(C)cc(C)c2C[C@@H]2OC(c3cc(Oc4cc5c(cc4C)c4cc(C)cc6c4n5-c4ncccc4C6(C)C)c(C)cc3C)=N[C@]21C. The Morgan fingerprint density at radius 2 is 1.57 bits per heavy atom. The second-order valence-corrected chi connectivity index (χ2v) is 15.3. The van der Waals surface area contributed by atoms with Gasteiger partial charge in [-0.3, -0.25) is 4.57 Å². The number of hydrogen-bond donors (Lipinski definition) is 0. The standard InChI is InChI=1S/C44H43N3O2/c1-23-13-25(3)30-20-39-44(9,22-29(30)14-23)46-42(49-39)31-19-37(27(5)17-26(31)4)48-38-21-36-32(18-28(38)6)33-15-24(2)16-35-40(33)47(36)41-34(43(35,7)8)11-10-12-45-41/h10-19,21,39H,20,22H2,1-9H3/t39-,44-/m0/s1/i22D2. The van der Waals surface area contributed by atoms with Crippen molar-refractivity contribution in [2.45, 2.75) is 92.2 Å². The fourth-order valence-corrected chi connectivity index (χ4v) is 8.60. The van der Waals surface area contributed by atoms with Gasteiger partial charge < -0.3 is 9.47 Å². The van der Waals surface area contributed by atoms with Crippen molar-refractivity contribution in [3.63, 3.8) is 0 Å². The minimum atomic E-state index is -1.70. The first-order chi connectivity index (χ1) is 24.1. The molecule has 3 aliphatic rings. The molecule has 1 aliphatic carbocycles. The van der Waals surface area contributed by atoms with E-state index >= 15 is 0 Å². The van der Waals surface area contributed by atoms with E-state index in [-0.39, 0.29) is 5.41 Å². The summed E-state index contributed by atoms with van der Waals surface area (Å²) in [6.07, 6.45) is 0.380. The quantitative estimate of drug-likeness (QED) is 0.192. The van der Waals surface area contributed by atoms with Crippen LogP contribution in [0.2, 0.25) is 0 Å². The lowest BCUT2D eigenvalue weighted by Gasteiger charge is -2.34. The van der Waals surface area contributed by atoms with E-state index in [0.29, 0.717) is 18.1 Å². The molecule has 246 valence electrons. The molecule has 0 spiro atoms. The van der Waals surface area contributed by atoms with Crippen LogP contribution in [0.5, 0.6) is 11.5 Å². The molecule has 49 heavy (non-hydrogen) atoms. The Kier molecular flexibility index (Phi) is 5.75. The highest BCUT2D eigenvalue weighted by atomic mass is 16.5. The zero-order chi connectivity index (χ0) is 35.9. The lowest BCUT2D eigenvalue weighted by Crippen LogP contribution is -2.42. The first-order valence-corrected chi connectivity index (χ1v) is 17.3. The lowest BCUT2D eigenvalue weighted by atomic mass is 9.75. The third-order valence-corrected chi connectivity index (χ3v) is 11.2. The van der Waals surface area contributed by atoms with E-state index in [1.54, 1.807) is 0 Å². The summed E-state index contributed by atoms with van der Waals surface area (Å²) in [7, 11) is 0. The predicted molar refractivity (Wildman–Crippen MR) is 199 cm³/mol. The van der Waals surface area contributed by atoms with Gasteiger partial charge >= 0.3 is 0 Å². The number of nitrogens with zero attached hydrogens (tertiary/aromatic N) is 3. The Labute approximate surface area is 291 Å². The molecule has 0 amide bonds. The molecule has 9 rings (SSSR count). The number of rotatable bonds is 3. The molecule has 0 fully saturated rings. The topological polar surface area (TPSA) is 48.6 Å². The molecule has 2 aliphatic heterocycles. The van der Waals surface area contributed by atoms with Crippen LogP contribution in [0.15, 0.2) is 71.9 Å². The first-order valence-electron chi connectivity index (χ1n) is 18.3. The molecule has 0 unspecified atom stereocenters. The average molecular weight is 648 g/mol. The molecule has 2 aromatic heterocycles. The minimum absolute atomic E-state index is 0.193. The van der Waals surface area contributed by atoms with Crippen molar-refractivity contribution in [2.24, 2.45) is 4.99 Å². The Morgan fingerprint density at radius 1 is 0.816 bits per heavy atom. The Morgan fingerprint density at radius 3 is 2.39 bits per heavy atom. The number of aromatic nitrogens is 2. The third-order valence-electron chi connectivity index (χ3n) is 11.2. The molecule has 0 saturated carbocycles. The molecule has 5 nitrogen and oxygen atoms in total. The fraction of sp³-hybridized carbons (Fsp3) is 0.318. The monoisotopic (exact) mass is 647 g/mol. The van der Waals surface area contributed by atoms with Gasteiger partial charge in [-0.2, -0.15) is 0 Å². The molecule has 4 heterocycles. The van der Waals surface area contributed by atoms with Gasteiger partial charge in [0.2, 0.25) is 5.90 Å². The van der Waals surface area contributed by atoms with Crippen LogP contribution in [-0.2, 0) is 22.9 Å². The smallest absolute Gasteiger partial charge is 0.217 e. The number of pyridine rings is 1. The number of aryl methyl sites for hydroxylation is 6. The van der Waals surface area contributed by atoms with E-state index < -0.39 is 18.0 Å². The summed E-state index contributed by atoms with van der Waals surface area (Å²) in [5.74, 6) is 2.92. The van der Waals surface area contributed by atoms with Crippen molar-refractivity contribution in [1.82, 2.24) is 9.55 Å². The van der Waals surface area contributed by atoms with Crippen LogP contribution in [0, 0.1) is 41.5 Å². The largest absolute Gasteiger partial charge is 0.471 e. The van der Waals surface area contributed by atoms with Gasteiger partial charge in [0.15, 0.2) is 0 Å². The highest BCUT2D eigenvalue weighted by molar-refractivity contribution is 6.12. The van der Waals surface area contributed by atoms with E-state index in [2.05, 4.69) is 95.5 Å². The van der Waals surface area contributed by atoms with Crippen molar-refractivity contribution in [1.29, 1.82) is 0 Å². The number of benzene rings is 4. The molecule has 0 radical (unpaired) electrons. The van der Waals surface area contributed by atoms with Crippen molar-refractivity contribution in [3.8, 4) is 17.3 Å². The maximum Gasteiger partial charge on any atom is 0.217 e. The third kappa shape index (κ3) is 4.30. The van der Waals surface area contributed by atoms with Crippen LogP contribution in [0.4, 0.5) is 0 Å². The summed E-state index contributed by atoms with van der Waals surface area (Å²) in [5.41, 5.74) is 12.5. The molecule has 0 N–H and O–H groups in total. The Hall–Kier alpha value is -4.90. The average Bonchev–Trinajstić information content (AvgIpc) is 3.57. The molecular weight excluding hydrogens is 603 g/mol. The number of fused-ring (bicyclic) bond motifs is 7. The van der Waals surface area contributed by atoms with Crippen LogP contribution in [-0.4, -0.2) is 27.1 Å². The van der Waals surface area contributed by atoms with Crippen LogP contribution in [0.3, 0.4) is 0 Å². The molecular formula is C44H43N3O2. The molecule has 0 bridgehead atoms. The normalized spacial score (nSPS) is 21.7. The Bertz CT molecular complexity index is 2560. The van der Waals surface area contributed by atoms with Crippen molar-refractivity contribution in [2.75, 3.05) is 0 Å². The summed E-state index contributed by atoms with van der Waals surface area (Å²) < 4.78 is 34.5. The molecule has 6 aromatic rings. The predicted octanol–water partition coefficient (Wildman–Crippen LogP) is 10.2. The van der Waals surface area contributed by atoms with Gasteiger partial charge in [0.25, 0.3) is 0 Å². The van der Waals surface area contributed by atoms with Gasteiger partial charge in [-0.05, 0) is 112 Å². The summed E-state index contributed by atoms with van der Waals surface area (Å²) in [4.78, 5) is 10.0. The molecule has 5 heteroatoms. The summed E-state index contributed by atoms with van der Waals surface area (Å²) in [5, 5.41) is 2.41.